The number of hydrogen-bond acceptors (Lipinski definition) is 7. The number of likely N-dealkylation sites (N-methyl/N-ethyl adjacent to an activating group) is 1. The second-order valence-electron chi connectivity index (χ2n) is 25.6. The zero-order valence-electron chi connectivity index (χ0n) is 57.5. The van der Waals surface area contributed by atoms with Crippen LogP contribution in [0.25, 0.3) is 0 Å². The van der Waals surface area contributed by atoms with Gasteiger partial charge in [-0.3, -0.25) is 18.6 Å². The lowest BCUT2D eigenvalue weighted by atomic mass is 10.0. The molecular weight excluding hydrogens is 1100 g/mol. The van der Waals surface area contributed by atoms with Crippen molar-refractivity contribution in [2.24, 2.45) is 0 Å². The Kier molecular flexibility index (Phi) is 65.0. The van der Waals surface area contributed by atoms with E-state index in [0.29, 0.717) is 17.4 Å². The van der Waals surface area contributed by atoms with Crippen molar-refractivity contribution < 1.29 is 42.1 Å². The third-order valence-electron chi connectivity index (χ3n) is 15.9. The lowest BCUT2D eigenvalue weighted by Crippen LogP contribution is -2.37. The van der Waals surface area contributed by atoms with E-state index >= 15 is 0 Å². The molecular formula is C77H139NO8P+. The molecule has 0 aliphatic heterocycles. The van der Waals surface area contributed by atoms with Crippen LogP contribution in [-0.2, 0) is 32.7 Å². The molecule has 0 aliphatic carbocycles. The van der Waals surface area contributed by atoms with Crippen LogP contribution in [0.15, 0.2) is 97.2 Å². The number of carbonyl (C=O) groups excluding carboxylic acids is 2. The van der Waals surface area contributed by atoms with E-state index in [9.17, 15) is 19.0 Å². The Labute approximate surface area is 538 Å². The summed E-state index contributed by atoms with van der Waals surface area (Å²) in [5.74, 6) is -0.806. The quantitative estimate of drug-likeness (QED) is 0.0211. The van der Waals surface area contributed by atoms with Gasteiger partial charge in [-0.1, -0.05) is 336 Å². The third kappa shape index (κ3) is 71.9. The van der Waals surface area contributed by atoms with Gasteiger partial charge in [-0.2, -0.15) is 0 Å². The van der Waals surface area contributed by atoms with Crippen LogP contribution < -0.4 is 0 Å². The molecule has 0 aromatic rings. The Morgan fingerprint density at radius 1 is 0.368 bits per heavy atom. The normalized spacial score (nSPS) is 13.7. The monoisotopic (exact) mass is 1240 g/mol. The van der Waals surface area contributed by atoms with Gasteiger partial charge in [0.15, 0.2) is 6.10 Å². The molecule has 0 saturated heterocycles. The van der Waals surface area contributed by atoms with E-state index in [1.165, 1.54) is 186 Å². The molecule has 0 rings (SSSR count). The van der Waals surface area contributed by atoms with Crippen LogP contribution in [0.4, 0.5) is 0 Å². The minimum atomic E-state index is -4.40. The number of carbonyl (C=O) groups is 2. The Bertz CT molecular complexity index is 1790. The van der Waals surface area contributed by atoms with Crippen molar-refractivity contribution in [3.8, 4) is 0 Å². The lowest BCUT2D eigenvalue weighted by molar-refractivity contribution is -0.870. The first kappa shape index (κ1) is 83.9. The van der Waals surface area contributed by atoms with Crippen molar-refractivity contribution in [1.29, 1.82) is 0 Å². The van der Waals surface area contributed by atoms with Gasteiger partial charge in [0.05, 0.1) is 27.7 Å². The summed E-state index contributed by atoms with van der Waals surface area (Å²) < 4.78 is 34.7. The van der Waals surface area contributed by atoms with Crippen molar-refractivity contribution in [2.75, 3.05) is 47.5 Å². The molecule has 0 spiro atoms. The molecule has 0 saturated carbocycles. The summed E-state index contributed by atoms with van der Waals surface area (Å²) in [5.41, 5.74) is 0. The molecule has 0 aromatic heterocycles. The van der Waals surface area contributed by atoms with Gasteiger partial charge < -0.3 is 18.9 Å². The highest BCUT2D eigenvalue weighted by molar-refractivity contribution is 7.47. The molecule has 87 heavy (non-hydrogen) atoms. The molecule has 504 valence electrons. The summed E-state index contributed by atoms with van der Waals surface area (Å²) >= 11 is 0. The molecule has 0 aliphatic rings. The van der Waals surface area contributed by atoms with Gasteiger partial charge in [0, 0.05) is 12.8 Å². The zero-order valence-corrected chi connectivity index (χ0v) is 58.4. The first-order valence-corrected chi connectivity index (χ1v) is 38.0. The van der Waals surface area contributed by atoms with Crippen molar-refractivity contribution in [3.05, 3.63) is 97.2 Å². The van der Waals surface area contributed by atoms with E-state index in [2.05, 4.69) is 111 Å². The summed E-state index contributed by atoms with van der Waals surface area (Å²) in [4.78, 5) is 35.9. The van der Waals surface area contributed by atoms with Crippen molar-refractivity contribution in [3.63, 3.8) is 0 Å². The molecule has 0 amide bonds. The van der Waals surface area contributed by atoms with E-state index in [1.807, 2.05) is 21.1 Å². The summed E-state index contributed by atoms with van der Waals surface area (Å²) in [7, 11) is 1.47. The molecule has 1 N–H and O–H groups in total. The van der Waals surface area contributed by atoms with Crippen molar-refractivity contribution in [2.45, 2.75) is 335 Å². The average molecular weight is 1240 g/mol. The fourth-order valence-electron chi connectivity index (χ4n) is 10.3. The van der Waals surface area contributed by atoms with Gasteiger partial charge in [-0.05, 0) is 77.0 Å². The van der Waals surface area contributed by atoms with Gasteiger partial charge in [-0.25, -0.2) is 4.57 Å². The molecule has 0 aromatic carbocycles. The molecule has 0 bridgehead atoms. The van der Waals surface area contributed by atoms with E-state index in [-0.39, 0.29) is 32.0 Å². The standard InChI is InChI=1S/C77H138NO8P/c1-6-8-10-12-14-16-18-20-22-24-26-28-30-32-34-36-38-40-41-43-45-47-49-51-53-55-57-59-61-63-65-67-69-76(79)83-73-75(74-85-87(81,82)84-72-71-78(3,4)5)86-77(80)70-68-66-64-62-60-58-56-54-52-50-48-46-44-42-39-37-35-33-31-29-27-25-23-21-19-17-15-13-11-9-7-2/h9,11,15,17,21,23,27,29,33,35,39,42,46,48,52,54,75H,6-8,10,12-14,16,18-20,22,24-26,28,30-32,34,36-38,40-41,43-45,47,49-51,53,55-74H2,1-5H3/p+1/b11-9-,17-15-,23-21-,29-27-,35-33-,42-39-,48-46-,54-52-. The van der Waals surface area contributed by atoms with Crippen molar-refractivity contribution >= 4 is 19.8 Å². The molecule has 0 fully saturated rings. The Morgan fingerprint density at radius 2 is 0.655 bits per heavy atom. The number of unbranched alkanes of at least 4 members (excludes halogenated alkanes) is 37. The van der Waals surface area contributed by atoms with Crippen molar-refractivity contribution in [1.82, 2.24) is 0 Å². The van der Waals surface area contributed by atoms with Crippen LogP contribution in [-0.4, -0.2) is 74.9 Å². The number of esters is 2. The average Bonchev–Trinajstić information content (AvgIpc) is 3.62. The van der Waals surface area contributed by atoms with Crippen LogP contribution in [0.3, 0.4) is 0 Å². The minimum Gasteiger partial charge on any atom is -0.462 e. The second kappa shape index (κ2) is 67.3. The summed E-state index contributed by atoms with van der Waals surface area (Å²) in [6.07, 6.45) is 93.8. The number of ether oxygens (including phenoxy) is 2. The van der Waals surface area contributed by atoms with Gasteiger partial charge in [-0.15, -0.1) is 0 Å². The second-order valence-corrected chi connectivity index (χ2v) is 27.1. The molecule has 0 heterocycles. The molecule has 10 heteroatoms. The number of quaternary nitrogens is 1. The predicted molar refractivity (Wildman–Crippen MR) is 376 cm³/mol. The Hall–Kier alpha value is -3.07. The number of nitrogens with zero attached hydrogens (tertiary/aromatic N) is 1. The SMILES string of the molecule is CC/C=C\C/C=C\C/C=C\C/C=C\C/C=C\C/C=C\C/C=C\C/C=C\CCCCCCCCC(=O)OC(COC(=O)CCCCCCCCCCCCCCCCCCCCCCCCCCCCCCCCCC)COP(=O)(O)OCC[N+](C)(C)C. The van der Waals surface area contributed by atoms with E-state index in [0.717, 1.165) is 109 Å². The fourth-order valence-corrected chi connectivity index (χ4v) is 11.1. The zero-order chi connectivity index (χ0) is 63.4. The van der Waals surface area contributed by atoms with Crippen LogP contribution in [0, 0.1) is 0 Å². The first-order valence-electron chi connectivity index (χ1n) is 36.5. The van der Waals surface area contributed by atoms with Gasteiger partial charge in [0.25, 0.3) is 0 Å². The highest BCUT2D eigenvalue weighted by Crippen LogP contribution is 2.43. The number of phosphoric ester groups is 1. The fraction of sp³-hybridized carbons (Fsp3) is 0.766. The molecule has 2 atom stereocenters. The number of phosphoric acid groups is 1. The highest BCUT2D eigenvalue weighted by atomic mass is 31.2. The van der Waals surface area contributed by atoms with Crippen LogP contribution in [0.2, 0.25) is 0 Å². The number of allylic oxidation sites excluding steroid dienone is 16. The van der Waals surface area contributed by atoms with E-state index < -0.39 is 26.5 Å². The van der Waals surface area contributed by atoms with Gasteiger partial charge in [0.1, 0.15) is 19.8 Å². The molecule has 9 nitrogen and oxygen atoms in total. The Balaban J connectivity index is 4.06. The largest absolute Gasteiger partial charge is 0.472 e. The van der Waals surface area contributed by atoms with E-state index in [4.69, 9.17) is 18.5 Å². The van der Waals surface area contributed by atoms with Gasteiger partial charge >= 0.3 is 19.8 Å². The summed E-state index contributed by atoms with van der Waals surface area (Å²) in [5, 5.41) is 0. The number of rotatable bonds is 67. The third-order valence-corrected chi connectivity index (χ3v) is 16.9. The smallest absolute Gasteiger partial charge is 0.462 e. The maximum absolute atomic E-state index is 12.9. The lowest BCUT2D eigenvalue weighted by Gasteiger charge is -2.24. The predicted octanol–water partition coefficient (Wildman–Crippen LogP) is 23.9. The highest BCUT2D eigenvalue weighted by Gasteiger charge is 2.27. The topological polar surface area (TPSA) is 108 Å². The minimum absolute atomic E-state index is 0.0254. The molecule has 2 unspecified atom stereocenters. The van der Waals surface area contributed by atoms with E-state index in [1.54, 1.807) is 0 Å². The van der Waals surface area contributed by atoms with Gasteiger partial charge in [0.2, 0.25) is 0 Å². The van der Waals surface area contributed by atoms with Crippen LogP contribution in [0.1, 0.15) is 328 Å². The van der Waals surface area contributed by atoms with Crippen LogP contribution >= 0.6 is 7.82 Å². The Morgan fingerprint density at radius 3 is 0.977 bits per heavy atom. The molecule has 0 radical (unpaired) electrons. The number of hydrogen-bond donors (Lipinski definition) is 1. The maximum Gasteiger partial charge on any atom is 0.472 e. The van der Waals surface area contributed by atoms with Crippen LogP contribution in [0.5, 0.6) is 0 Å². The summed E-state index contributed by atoms with van der Waals surface area (Å²) in [6, 6.07) is 0. The first-order chi connectivity index (χ1) is 42.5. The maximum atomic E-state index is 12.9. The summed E-state index contributed by atoms with van der Waals surface area (Å²) in [6.45, 7) is 4.34.